The summed E-state index contributed by atoms with van der Waals surface area (Å²) in [5, 5.41) is 2.61. The van der Waals surface area contributed by atoms with Gasteiger partial charge in [-0.15, -0.1) is 6.58 Å². The summed E-state index contributed by atoms with van der Waals surface area (Å²) in [5.41, 5.74) is 1.68. The Morgan fingerprint density at radius 2 is 2.27 bits per heavy atom. The first kappa shape index (κ1) is 19.6. The second-order valence-electron chi connectivity index (χ2n) is 6.13. The van der Waals surface area contributed by atoms with E-state index >= 15 is 0 Å². The summed E-state index contributed by atoms with van der Waals surface area (Å²) in [6.07, 6.45) is 8.72. The van der Waals surface area contributed by atoms with Gasteiger partial charge in [0.2, 0.25) is 5.88 Å². The second kappa shape index (κ2) is 10.3. The van der Waals surface area contributed by atoms with Gasteiger partial charge in [0.05, 0.1) is 0 Å². The molecule has 6 nitrogen and oxygen atoms in total. The number of aromatic nitrogens is 2. The predicted octanol–water partition coefficient (Wildman–Crippen LogP) is 2.68. The number of carbonyl (C=O) groups excluding carboxylic acids is 1. The molecule has 2 rings (SSSR count). The highest BCUT2D eigenvalue weighted by Crippen LogP contribution is 2.15. The van der Waals surface area contributed by atoms with Crippen LogP contribution in [0.2, 0.25) is 0 Å². The minimum Gasteiger partial charge on any atom is -0.473 e. The maximum Gasteiger partial charge on any atom is 0.251 e. The van der Waals surface area contributed by atoms with Gasteiger partial charge in [-0.2, -0.15) is 0 Å². The zero-order valence-corrected chi connectivity index (χ0v) is 15.4. The molecule has 2 aromatic heterocycles. The Bertz CT molecular complexity index is 706. The first-order valence-electron chi connectivity index (χ1n) is 8.65. The quantitative estimate of drug-likeness (QED) is 0.665. The molecule has 2 aromatic rings. The van der Waals surface area contributed by atoms with Crippen molar-refractivity contribution in [1.82, 2.24) is 20.2 Å². The highest BCUT2D eigenvalue weighted by molar-refractivity contribution is 5.94. The molecule has 0 spiro atoms. The van der Waals surface area contributed by atoms with Gasteiger partial charge in [0.25, 0.3) is 5.91 Å². The van der Waals surface area contributed by atoms with E-state index in [1.165, 1.54) is 0 Å². The lowest BCUT2D eigenvalue weighted by atomic mass is 10.1. The van der Waals surface area contributed by atoms with Crippen LogP contribution in [0.25, 0.3) is 0 Å². The third-order valence-electron chi connectivity index (χ3n) is 3.89. The molecule has 138 valence electrons. The molecule has 0 fully saturated rings. The van der Waals surface area contributed by atoms with E-state index in [0.29, 0.717) is 11.4 Å². The third-order valence-corrected chi connectivity index (χ3v) is 3.89. The van der Waals surface area contributed by atoms with Crippen molar-refractivity contribution in [3.8, 4) is 5.88 Å². The molecule has 1 N–H and O–H groups in total. The number of allylic oxidation sites excluding steroid dienone is 1. The van der Waals surface area contributed by atoms with Crippen LogP contribution < -0.4 is 10.1 Å². The predicted molar refractivity (Wildman–Crippen MR) is 102 cm³/mol. The van der Waals surface area contributed by atoms with Gasteiger partial charge in [0.15, 0.2) is 0 Å². The van der Waals surface area contributed by atoms with E-state index in [2.05, 4.69) is 32.8 Å². The molecule has 26 heavy (non-hydrogen) atoms. The number of amides is 1. The summed E-state index contributed by atoms with van der Waals surface area (Å²) < 4.78 is 6.06. The average Bonchev–Trinajstić information content (AvgIpc) is 2.66. The normalized spacial score (nSPS) is 11.8. The standard InChI is InChI=1S/C20H26N4O2/c1-4-5-8-18(15-24(3)14-16-7-6-10-22-13-16)26-19-12-17(9-11-23-19)20(25)21-2/h4,6-7,9-13,18H,1,5,8,14-15H2,2-3H3,(H,21,25). The van der Waals surface area contributed by atoms with Crippen molar-refractivity contribution in [3.63, 3.8) is 0 Å². The van der Waals surface area contributed by atoms with E-state index in [1.807, 2.05) is 25.4 Å². The molecule has 1 unspecified atom stereocenters. The van der Waals surface area contributed by atoms with Crippen LogP contribution >= 0.6 is 0 Å². The Kier molecular flexibility index (Phi) is 7.76. The molecular weight excluding hydrogens is 328 g/mol. The Labute approximate surface area is 154 Å². The maximum atomic E-state index is 11.8. The van der Waals surface area contributed by atoms with Gasteiger partial charge in [0, 0.05) is 50.4 Å². The maximum absolute atomic E-state index is 11.8. The summed E-state index contributed by atoms with van der Waals surface area (Å²) in [6.45, 7) is 5.30. The minimum atomic E-state index is -0.159. The summed E-state index contributed by atoms with van der Waals surface area (Å²) in [7, 11) is 3.65. The number of hydrogen-bond acceptors (Lipinski definition) is 5. The van der Waals surface area contributed by atoms with E-state index in [-0.39, 0.29) is 12.0 Å². The molecule has 1 amide bonds. The molecule has 0 aliphatic heterocycles. The molecule has 1 atom stereocenters. The minimum absolute atomic E-state index is 0.0536. The Balaban J connectivity index is 2.02. The third kappa shape index (κ3) is 6.29. The van der Waals surface area contributed by atoms with Gasteiger partial charge in [-0.25, -0.2) is 4.98 Å². The Hall–Kier alpha value is -2.73. The molecule has 0 bridgehead atoms. The zero-order chi connectivity index (χ0) is 18.8. The van der Waals surface area contributed by atoms with Gasteiger partial charge in [-0.1, -0.05) is 12.1 Å². The number of nitrogens with zero attached hydrogens (tertiary/aromatic N) is 3. The highest BCUT2D eigenvalue weighted by Gasteiger charge is 2.15. The Morgan fingerprint density at radius 3 is 2.96 bits per heavy atom. The van der Waals surface area contributed by atoms with Gasteiger partial charge in [0.1, 0.15) is 6.10 Å². The van der Waals surface area contributed by atoms with E-state index in [1.54, 1.807) is 31.6 Å². The Morgan fingerprint density at radius 1 is 1.42 bits per heavy atom. The summed E-state index contributed by atoms with van der Waals surface area (Å²) in [6, 6.07) is 7.32. The van der Waals surface area contributed by atoms with Crippen molar-refractivity contribution in [3.05, 3.63) is 66.6 Å². The first-order chi connectivity index (χ1) is 12.6. The van der Waals surface area contributed by atoms with Crippen molar-refractivity contribution >= 4 is 5.91 Å². The second-order valence-corrected chi connectivity index (χ2v) is 6.13. The number of hydrogen-bond donors (Lipinski definition) is 1. The largest absolute Gasteiger partial charge is 0.473 e. The van der Waals surface area contributed by atoms with Gasteiger partial charge >= 0.3 is 0 Å². The van der Waals surface area contributed by atoms with E-state index in [0.717, 1.165) is 31.5 Å². The smallest absolute Gasteiger partial charge is 0.251 e. The molecule has 0 saturated heterocycles. The SMILES string of the molecule is C=CCCC(CN(C)Cc1cccnc1)Oc1cc(C(=O)NC)ccn1. The number of likely N-dealkylation sites (N-methyl/N-ethyl adjacent to an activating group) is 1. The van der Waals surface area contributed by atoms with Crippen LogP contribution in [0.15, 0.2) is 55.5 Å². The molecule has 0 aliphatic rings. The number of nitrogens with one attached hydrogen (secondary N) is 1. The van der Waals surface area contributed by atoms with E-state index in [9.17, 15) is 4.79 Å². The van der Waals surface area contributed by atoms with Crippen LogP contribution in [0.4, 0.5) is 0 Å². The van der Waals surface area contributed by atoms with Crippen LogP contribution in [-0.2, 0) is 6.54 Å². The van der Waals surface area contributed by atoms with Crippen molar-refractivity contribution in [2.75, 3.05) is 20.6 Å². The number of rotatable bonds is 10. The highest BCUT2D eigenvalue weighted by atomic mass is 16.5. The van der Waals surface area contributed by atoms with Gasteiger partial charge in [-0.05, 0) is 37.6 Å². The molecular formula is C20H26N4O2. The average molecular weight is 354 g/mol. The van der Waals surface area contributed by atoms with E-state index < -0.39 is 0 Å². The fraction of sp³-hybridized carbons (Fsp3) is 0.350. The fourth-order valence-corrected chi connectivity index (χ4v) is 2.64. The van der Waals surface area contributed by atoms with Crippen LogP contribution in [0, 0.1) is 0 Å². The number of carbonyl (C=O) groups is 1. The molecule has 6 heteroatoms. The summed E-state index contributed by atoms with van der Waals surface area (Å²) in [5.74, 6) is 0.295. The summed E-state index contributed by atoms with van der Waals surface area (Å²) in [4.78, 5) is 22.4. The lowest BCUT2D eigenvalue weighted by Crippen LogP contribution is -2.33. The van der Waals surface area contributed by atoms with Crippen molar-refractivity contribution in [2.24, 2.45) is 0 Å². The van der Waals surface area contributed by atoms with Crippen LogP contribution in [0.1, 0.15) is 28.8 Å². The fourth-order valence-electron chi connectivity index (χ4n) is 2.64. The monoisotopic (exact) mass is 354 g/mol. The molecule has 0 radical (unpaired) electrons. The molecule has 0 saturated carbocycles. The molecule has 0 aliphatic carbocycles. The van der Waals surface area contributed by atoms with E-state index in [4.69, 9.17) is 4.74 Å². The first-order valence-corrected chi connectivity index (χ1v) is 8.65. The van der Waals surface area contributed by atoms with Crippen LogP contribution in [0.5, 0.6) is 5.88 Å². The summed E-state index contributed by atoms with van der Waals surface area (Å²) >= 11 is 0. The zero-order valence-electron chi connectivity index (χ0n) is 15.4. The molecule has 2 heterocycles. The van der Waals surface area contributed by atoms with Crippen LogP contribution in [-0.4, -0.2) is 47.5 Å². The topological polar surface area (TPSA) is 67.4 Å². The lowest BCUT2D eigenvalue weighted by Gasteiger charge is -2.24. The van der Waals surface area contributed by atoms with Crippen molar-refractivity contribution < 1.29 is 9.53 Å². The van der Waals surface area contributed by atoms with Gasteiger partial charge in [-0.3, -0.25) is 14.7 Å². The van der Waals surface area contributed by atoms with Crippen LogP contribution in [0.3, 0.4) is 0 Å². The molecule has 0 aromatic carbocycles. The number of ether oxygens (including phenoxy) is 1. The van der Waals surface area contributed by atoms with Crippen molar-refractivity contribution in [1.29, 1.82) is 0 Å². The lowest BCUT2D eigenvalue weighted by molar-refractivity contribution is 0.0960. The van der Waals surface area contributed by atoms with Crippen molar-refractivity contribution in [2.45, 2.75) is 25.5 Å². The van der Waals surface area contributed by atoms with Gasteiger partial charge < -0.3 is 10.1 Å². The number of pyridine rings is 2.